The molecule has 0 aromatic rings. The Morgan fingerprint density at radius 3 is 2.29 bits per heavy atom. The summed E-state index contributed by atoms with van der Waals surface area (Å²) < 4.78 is 0. The van der Waals surface area contributed by atoms with E-state index in [1.54, 1.807) is 0 Å². The fourth-order valence-corrected chi connectivity index (χ4v) is 3.57. The maximum atomic E-state index is 12.0. The van der Waals surface area contributed by atoms with Crippen molar-refractivity contribution in [3.8, 4) is 0 Å². The van der Waals surface area contributed by atoms with E-state index in [2.05, 4.69) is 24.1 Å². The molecule has 21 heavy (non-hydrogen) atoms. The minimum Gasteiger partial charge on any atom is -0.353 e. The second-order valence-corrected chi connectivity index (χ2v) is 7.46. The molecule has 1 heterocycles. The first-order chi connectivity index (χ1) is 9.42. The van der Waals surface area contributed by atoms with Crippen molar-refractivity contribution in [3.05, 3.63) is 0 Å². The van der Waals surface area contributed by atoms with Gasteiger partial charge in [-0.1, -0.05) is 12.8 Å². The molecule has 2 aliphatic rings. The summed E-state index contributed by atoms with van der Waals surface area (Å²) in [5.41, 5.74) is 5.94. The molecule has 0 unspecified atom stereocenters. The Balaban J connectivity index is 0.00000220. The minimum absolute atomic E-state index is 0. The fraction of sp³-hybridized carbons (Fsp3) is 0.938. The molecule has 2 fully saturated rings. The molecule has 124 valence electrons. The lowest BCUT2D eigenvalue weighted by Gasteiger charge is -2.36. The molecule has 0 bridgehead atoms. The van der Waals surface area contributed by atoms with Gasteiger partial charge in [0.1, 0.15) is 0 Å². The lowest BCUT2D eigenvalue weighted by atomic mass is 9.99. The third-order valence-corrected chi connectivity index (χ3v) is 4.53. The van der Waals surface area contributed by atoms with Crippen LogP contribution in [0, 0.1) is 5.92 Å². The molecule has 0 spiro atoms. The highest BCUT2D eigenvalue weighted by Crippen LogP contribution is 2.27. The summed E-state index contributed by atoms with van der Waals surface area (Å²) >= 11 is 0. The highest BCUT2D eigenvalue weighted by atomic mass is 35.5. The van der Waals surface area contributed by atoms with Crippen molar-refractivity contribution in [3.63, 3.8) is 0 Å². The zero-order valence-corrected chi connectivity index (χ0v) is 14.4. The second-order valence-electron chi connectivity index (χ2n) is 7.46. The maximum absolute atomic E-state index is 12.0. The number of rotatable bonds is 5. The van der Waals surface area contributed by atoms with Crippen LogP contribution >= 0.6 is 12.4 Å². The third kappa shape index (κ3) is 6.98. The number of nitrogens with two attached hydrogens (primary N) is 1. The Morgan fingerprint density at radius 2 is 1.76 bits per heavy atom. The fourth-order valence-electron chi connectivity index (χ4n) is 3.57. The monoisotopic (exact) mass is 317 g/mol. The SMILES string of the molecule is CC(C)(N)CN1CCC(NC(=O)CC2CCCC2)CC1.Cl. The van der Waals surface area contributed by atoms with Crippen molar-refractivity contribution in [1.29, 1.82) is 0 Å². The topological polar surface area (TPSA) is 58.4 Å². The van der Waals surface area contributed by atoms with Gasteiger partial charge in [-0.25, -0.2) is 0 Å². The number of piperidine rings is 1. The molecule has 0 aromatic carbocycles. The van der Waals surface area contributed by atoms with E-state index >= 15 is 0 Å². The Labute approximate surface area is 135 Å². The summed E-state index contributed by atoms with van der Waals surface area (Å²) in [6, 6.07) is 0.376. The first-order valence-corrected chi connectivity index (χ1v) is 8.23. The molecule has 0 atom stereocenters. The van der Waals surface area contributed by atoms with Crippen molar-refractivity contribution in [1.82, 2.24) is 10.2 Å². The molecule has 1 aliphatic carbocycles. The Hall–Kier alpha value is -0.320. The summed E-state index contributed by atoms with van der Waals surface area (Å²) in [5.74, 6) is 0.919. The van der Waals surface area contributed by atoms with Crippen molar-refractivity contribution in [2.75, 3.05) is 19.6 Å². The van der Waals surface area contributed by atoms with Crippen LogP contribution in [0.15, 0.2) is 0 Å². The zero-order chi connectivity index (χ0) is 14.6. The van der Waals surface area contributed by atoms with E-state index in [9.17, 15) is 4.79 Å². The van der Waals surface area contributed by atoms with Gasteiger partial charge in [-0.2, -0.15) is 0 Å². The van der Waals surface area contributed by atoms with Crippen LogP contribution < -0.4 is 11.1 Å². The predicted octanol–water partition coefficient (Wildman–Crippen LogP) is 2.31. The smallest absolute Gasteiger partial charge is 0.220 e. The molecule has 1 amide bonds. The molecule has 2 rings (SSSR count). The maximum Gasteiger partial charge on any atom is 0.220 e. The van der Waals surface area contributed by atoms with Crippen molar-refractivity contribution in [2.45, 2.75) is 70.4 Å². The number of hydrogen-bond donors (Lipinski definition) is 2. The number of halogens is 1. The summed E-state index contributed by atoms with van der Waals surface area (Å²) in [4.78, 5) is 14.4. The molecule has 0 radical (unpaired) electrons. The molecule has 1 saturated carbocycles. The van der Waals surface area contributed by atoms with E-state index in [4.69, 9.17) is 5.73 Å². The highest BCUT2D eigenvalue weighted by Gasteiger charge is 2.25. The van der Waals surface area contributed by atoms with Crippen LogP contribution in [0.5, 0.6) is 0 Å². The first-order valence-electron chi connectivity index (χ1n) is 8.23. The largest absolute Gasteiger partial charge is 0.353 e. The summed E-state index contributed by atoms with van der Waals surface area (Å²) in [6.07, 6.45) is 7.99. The van der Waals surface area contributed by atoms with Gasteiger partial charge in [-0.3, -0.25) is 4.79 Å². The minimum atomic E-state index is -0.126. The van der Waals surface area contributed by atoms with Gasteiger partial charge in [-0.05, 0) is 45.4 Å². The van der Waals surface area contributed by atoms with E-state index < -0.39 is 0 Å². The Morgan fingerprint density at radius 1 is 1.19 bits per heavy atom. The van der Waals surface area contributed by atoms with Gasteiger partial charge in [0.2, 0.25) is 5.91 Å². The number of nitrogens with zero attached hydrogens (tertiary/aromatic N) is 1. The normalized spacial score (nSPS) is 22.0. The van der Waals surface area contributed by atoms with Gasteiger partial charge in [0, 0.05) is 37.6 Å². The van der Waals surface area contributed by atoms with Gasteiger partial charge >= 0.3 is 0 Å². The predicted molar refractivity (Wildman–Crippen MR) is 89.7 cm³/mol. The average molecular weight is 318 g/mol. The van der Waals surface area contributed by atoms with Crippen molar-refractivity contribution in [2.24, 2.45) is 11.7 Å². The third-order valence-electron chi connectivity index (χ3n) is 4.53. The number of amides is 1. The van der Waals surface area contributed by atoms with E-state index in [0.29, 0.717) is 12.0 Å². The van der Waals surface area contributed by atoms with Crippen LogP contribution in [0.3, 0.4) is 0 Å². The van der Waals surface area contributed by atoms with Crippen molar-refractivity contribution >= 4 is 18.3 Å². The van der Waals surface area contributed by atoms with E-state index in [-0.39, 0.29) is 23.9 Å². The molecular weight excluding hydrogens is 286 g/mol. The zero-order valence-electron chi connectivity index (χ0n) is 13.6. The van der Waals surface area contributed by atoms with E-state index in [0.717, 1.165) is 38.9 Å². The van der Waals surface area contributed by atoms with Crippen LogP contribution in [-0.2, 0) is 4.79 Å². The van der Waals surface area contributed by atoms with Crippen LogP contribution in [-0.4, -0.2) is 42.0 Å². The van der Waals surface area contributed by atoms with Crippen LogP contribution in [0.2, 0.25) is 0 Å². The summed E-state index contributed by atoms with van der Waals surface area (Å²) in [5, 5.41) is 3.23. The Bertz CT molecular complexity index is 316. The first kappa shape index (κ1) is 18.7. The van der Waals surface area contributed by atoms with Gasteiger partial charge < -0.3 is 16.0 Å². The van der Waals surface area contributed by atoms with Crippen molar-refractivity contribution < 1.29 is 4.79 Å². The standard InChI is InChI=1S/C16H31N3O.ClH/c1-16(2,17)12-19-9-7-14(8-10-19)18-15(20)11-13-5-3-4-6-13;/h13-14H,3-12,17H2,1-2H3,(H,18,20);1H. The van der Waals surface area contributed by atoms with Gasteiger partial charge in [0.25, 0.3) is 0 Å². The molecular formula is C16H32ClN3O. The molecule has 1 saturated heterocycles. The molecule has 0 aromatic heterocycles. The van der Waals surface area contributed by atoms with E-state index in [1.165, 1.54) is 25.7 Å². The average Bonchev–Trinajstić information content (AvgIpc) is 2.82. The second kappa shape index (κ2) is 8.35. The van der Waals surface area contributed by atoms with Gasteiger partial charge in [0.15, 0.2) is 0 Å². The van der Waals surface area contributed by atoms with Crippen LogP contribution in [0.25, 0.3) is 0 Å². The van der Waals surface area contributed by atoms with Crippen LogP contribution in [0.4, 0.5) is 0 Å². The summed E-state index contributed by atoms with van der Waals surface area (Å²) in [6.45, 7) is 7.19. The van der Waals surface area contributed by atoms with Crippen LogP contribution in [0.1, 0.15) is 58.8 Å². The number of likely N-dealkylation sites (tertiary alicyclic amines) is 1. The number of carbonyl (C=O) groups is 1. The van der Waals surface area contributed by atoms with E-state index in [1.807, 2.05) is 0 Å². The number of carbonyl (C=O) groups excluding carboxylic acids is 1. The number of nitrogens with one attached hydrogen (secondary N) is 1. The molecule has 4 nitrogen and oxygen atoms in total. The lowest BCUT2D eigenvalue weighted by molar-refractivity contribution is -0.123. The number of hydrogen-bond acceptors (Lipinski definition) is 3. The Kier molecular flexibility index (Phi) is 7.45. The van der Waals surface area contributed by atoms with Gasteiger partial charge in [-0.15, -0.1) is 12.4 Å². The molecule has 1 aliphatic heterocycles. The summed E-state index contributed by atoms with van der Waals surface area (Å²) in [7, 11) is 0. The highest BCUT2D eigenvalue weighted by molar-refractivity contribution is 5.85. The molecule has 5 heteroatoms. The molecule has 3 N–H and O–H groups in total. The van der Waals surface area contributed by atoms with Gasteiger partial charge in [0.05, 0.1) is 0 Å². The lowest BCUT2D eigenvalue weighted by Crippen LogP contribution is -2.51. The quantitative estimate of drug-likeness (QED) is 0.818.